The zero-order valence-electron chi connectivity index (χ0n) is 23.0. The fraction of sp³-hybridized carbons (Fsp3) is 0.438. The van der Waals surface area contributed by atoms with Crippen molar-refractivity contribution in [3.63, 3.8) is 0 Å². The lowest BCUT2D eigenvalue weighted by Gasteiger charge is -2.12. The number of rotatable bonds is 17. The average Bonchev–Trinajstić information content (AvgIpc) is 3.43. The van der Waals surface area contributed by atoms with Crippen molar-refractivity contribution in [2.24, 2.45) is 0 Å². The van der Waals surface area contributed by atoms with E-state index in [1.165, 1.54) is 45.7 Å². The summed E-state index contributed by atoms with van der Waals surface area (Å²) in [6.45, 7) is 5.49. The maximum atomic E-state index is 12.9. The summed E-state index contributed by atoms with van der Waals surface area (Å²) in [6, 6.07) is 17.5. The van der Waals surface area contributed by atoms with Gasteiger partial charge in [-0.05, 0) is 73.0 Å². The summed E-state index contributed by atoms with van der Waals surface area (Å²) in [5.41, 5.74) is 1.54. The van der Waals surface area contributed by atoms with E-state index in [2.05, 4.69) is 47.2 Å². The van der Waals surface area contributed by atoms with E-state index in [-0.39, 0.29) is 11.5 Å². The second-order valence-electron chi connectivity index (χ2n) is 10.0. The monoisotopic (exact) mass is 547 g/mol. The highest BCUT2D eigenvalue weighted by Gasteiger charge is 2.12. The average molecular weight is 548 g/mol. The molecule has 6 nitrogen and oxygen atoms in total. The third-order valence-corrected chi connectivity index (χ3v) is 7.87. The van der Waals surface area contributed by atoms with Crippen molar-refractivity contribution >= 4 is 43.9 Å². The Labute approximate surface area is 235 Å². The van der Waals surface area contributed by atoms with E-state index >= 15 is 0 Å². The zero-order valence-corrected chi connectivity index (χ0v) is 23.9. The van der Waals surface area contributed by atoms with Crippen molar-refractivity contribution in [2.45, 2.75) is 64.7 Å². The van der Waals surface area contributed by atoms with Crippen LogP contribution in [0.25, 0.3) is 21.0 Å². The van der Waals surface area contributed by atoms with Crippen LogP contribution >= 0.6 is 11.3 Å². The third-order valence-electron chi connectivity index (χ3n) is 6.99. The second kappa shape index (κ2) is 15.4. The first-order valence-electron chi connectivity index (χ1n) is 14.4. The van der Waals surface area contributed by atoms with Crippen LogP contribution in [-0.4, -0.2) is 36.7 Å². The predicted octanol–water partition coefficient (Wildman–Crippen LogP) is 7.47. The van der Waals surface area contributed by atoms with E-state index in [0.717, 1.165) is 57.1 Å². The number of carbonyl (C=O) groups excluding carboxylic acids is 1. The van der Waals surface area contributed by atoms with Gasteiger partial charge in [0.05, 0.1) is 12.1 Å². The van der Waals surface area contributed by atoms with Gasteiger partial charge in [-0.15, -0.1) is 11.3 Å². The minimum Gasteiger partial charge on any atom is -0.494 e. The third kappa shape index (κ3) is 8.41. The van der Waals surface area contributed by atoms with Gasteiger partial charge in [0.15, 0.2) is 0 Å². The lowest BCUT2D eigenvalue weighted by Crippen LogP contribution is -2.26. The standard InChI is InChI=1S/C32H41N3O3S/c1-2-3-4-5-6-7-13-31(36)35-29-24-26(16-14-25(29)15-17-32(35)37)38-22-9-8-19-33-20-21-34-28-11-10-12-30-27(28)18-23-39-30/h10-12,14-18,23-24,33-34H,2-9,13,19-22H2,1H3. The van der Waals surface area contributed by atoms with Crippen LogP contribution < -0.4 is 20.9 Å². The topological polar surface area (TPSA) is 72.4 Å². The summed E-state index contributed by atoms with van der Waals surface area (Å²) < 4.78 is 8.61. The van der Waals surface area contributed by atoms with Gasteiger partial charge in [-0.25, -0.2) is 4.57 Å². The minimum absolute atomic E-state index is 0.134. The number of pyridine rings is 1. The lowest BCUT2D eigenvalue weighted by atomic mass is 10.1. The van der Waals surface area contributed by atoms with Gasteiger partial charge < -0.3 is 15.4 Å². The Kier molecular flexibility index (Phi) is 11.4. The molecule has 4 aromatic rings. The van der Waals surface area contributed by atoms with E-state index < -0.39 is 0 Å². The largest absolute Gasteiger partial charge is 0.494 e. The summed E-state index contributed by atoms with van der Waals surface area (Å²) in [5, 5.41) is 11.3. The maximum absolute atomic E-state index is 12.9. The first-order valence-corrected chi connectivity index (χ1v) is 15.3. The highest BCUT2D eigenvalue weighted by molar-refractivity contribution is 7.17. The summed E-state index contributed by atoms with van der Waals surface area (Å²) >= 11 is 1.77. The van der Waals surface area contributed by atoms with Crippen LogP contribution in [0.3, 0.4) is 0 Å². The fourth-order valence-electron chi connectivity index (χ4n) is 4.83. The first kappa shape index (κ1) is 28.8. The van der Waals surface area contributed by atoms with Gasteiger partial charge in [0.25, 0.3) is 5.56 Å². The van der Waals surface area contributed by atoms with Crippen LogP contribution in [0, 0.1) is 0 Å². The highest BCUT2D eigenvalue weighted by Crippen LogP contribution is 2.27. The number of aromatic nitrogens is 1. The van der Waals surface area contributed by atoms with Crippen molar-refractivity contribution in [2.75, 3.05) is 31.6 Å². The molecule has 0 bridgehead atoms. The molecule has 0 radical (unpaired) electrons. The first-order chi connectivity index (χ1) is 19.2. The van der Waals surface area contributed by atoms with Crippen LogP contribution in [0.15, 0.2) is 64.8 Å². The number of ether oxygens (including phenoxy) is 1. The van der Waals surface area contributed by atoms with Crippen molar-refractivity contribution in [1.82, 2.24) is 9.88 Å². The lowest BCUT2D eigenvalue weighted by molar-refractivity contribution is 0.0900. The molecule has 208 valence electrons. The van der Waals surface area contributed by atoms with Gasteiger partial charge in [-0.1, -0.05) is 45.1 Å². The summed E-state index contributed by atoms with van der Waals surface area (Å²) in [6.07, 6.45) is 8.96. The van der Waals surface area contributed by atoms with E-state index in [1.807, 2.05) is 18.2 Å². The molecule has 0 aliphatic carbocycles. The van der Waals surface area contributed by atoms with Gasteiger partial charge in [-0.3, -0.25) is 9.59 Å². The van der Waals surface area contributed by atoms with Crippen LogP contribution in [-0.2, 0) is 0 Å². The number of thiophene rings is 1. The number of fused-ring (bicyclic) bond motifs is 2. The van der Waals surface area contributed by atoms with Crippen molar-refractivity contribution in [3.8, 4) is 5.75 Å². The molecule has 0 aliphatic heterocycles. The summed E-state index contributed by atoms with van der Waals surface area (Å²) in [4.78, 5) is 25.5. The summed E-state index contributed by atoms with van der Waals surface area (Å²) in [7, 11) is 0. The molecule has 2 aromatic carbocycles. The highest BCUT2D eigenvalue weighted by atomic mass is 32.1. The number of carbonyl (C=O) groups is 1. The van der Waals surface area contributed by atoms with E-state index in [4.69, 9.17) is 4.74 Å². The van der Waals surface area contributed by atoms with Gasteiger partial charge in [0.2, 0.25) is 5.91 Å². The van der Waals surface area contributed by atoms with Crippen LogP contribution in [0.5, 0.6) is 5.75 Å². The Bertz CT molecular complexity index is 1390. The molecule has 4 rings (SSSR count). The van der Waals surface area contributed by atoms with E-state index in [9.17, 15) is 9.59 Å². The molecule has 0 saturated carbocycles. The molecule has 2 heterocycles. The Morgan fingerprint density at radius 3 is 2.64 bits per heavy atom. The molecular formula is C32H41N3O3S. The molecule has 0 aliphatic rings. The Hall–Kier alpha value is -3.16. The molecule has 0 amide bonds. The van der Waals surface area contributed by atoms with Crippen molar-refractivity contribution in [3.05, 3.63) is 70.3 Å². The van der Waals surface area contributed by atoms with Crippen LogP contribution in [0.1, 0.15) is 69.5 Å². The van der Waals surface area contributed by atoms with Gasteiger partial charge in [-0.2, -0.15) is 0 Å². The Morgan fingerprint density at radius 1 is 0.897 bits per heavy atom. The number of anilines is 1. The molecule has 7 heteroatoms. The normalized spacial score (nSPS) is 11.3. The molecule has 0 saturated heterocycles. The molecule has 0 unspecified atom stereocenters. The van der Waals surface area contributed by atoms with E-state index in [1.54, 1.807) is 17.4 Å². The van der Waals surface area contributed by atoms with Crippen LogP contribution in [0.4, 0.5) is 5.69 Å². The van der Waals surface area contributed by atoms with Crippen LogP contribution in [0.2, 0.25) is 0 Å². The Balaban J connectivity index is 1.17. The predicted molar refractivity (Wildman–Crippen MR) is 165 cm³/mol. The quantitative estimate of drug-likeness (QED) is 0.134. The fourth-order valence-corrected chi connectivity index (χ4v) is 5.64. The number of nitrogens with zero attached hydrogens (tertiary/aromatic N) is 1. The molecule has 0 spiro atoms. The SMILES string of the molecule is CCCCCCCCC(=O)n1c(=O)ccc2ccc(OCCCCNCCNc3cccc4sccc34)cc21. The van der Waals surface area contributed by atoms with Gasteiger partial charge in [0, 0.05) is 47.4 Å². The van der Waals surface area contributed by atoms with Gasteiger partial charge in [0.1, 0.15) is 5.75 Å². The molecule has 0 fully saturated rings. The zero-order chi connectivity index (χ0) is 27.3. The van der Waals surface area contributed by atoms with Gasteiger partial charge >= 0.3 is 0 Å². The molecular weight excluding hydrogens is 506 g/mol. The number of unbranched alkanes of at least 4 members (excludes halogenated alkanes) is 6. The summed E-state index contributed by atoms with van der Waals surface area (Å²) in [5.74, 6) is 0.555. The number of hydrogen-bond donors (Lipinski definition) is 2. The number of hydrogen-bond acceptors (Lipinski definition) is 6. The molecule has 2 N–H and O–H groups in total. The molecule has 0 atom stereocenters. The minimum atomic E-state index is -0.275. The Morgan fingerprint density at radius 2 is 1.74 bits per heavy atom. The van der Waals surface area contributed by atoms with Crippen molar-refractivity contribution < 1.29 is 9.53 Å². The smallest absolute Gasteiger partial charge is 0.257 e. The van der Waals surface area contributed by atoms with Crippen molar-refractivity contribution in [1.29, 1.82) is 0 Å². The second-order valence-corrected chi connectivity index (χ2v) is 11.0. The maximum Gasteiger partial charge on any atom is 0.257 e. The molecule has 2 aromatic heterocycles. The number of nitrogens with one attached hydrogen (secondary N) is 2. The number of benzene rings is 2. The van der Waals surface area contributed by atoms with E-state index in [0.29, 0.717) is 24.3 Å². The molecule has 39 heavy (non-hydrogen) atoms.